The van der Waals surface area contributed by atoms with E-state index in [4.69, 9.17) is 12.2 Å². The summed E-state index contributed by atoms with van der Waals surface area (Å²) >= 11 is 6.49. The molecule has 0 bridgehead atoms. The van der Waals surface area contributed by atoms with Gasteiger partial charge in [-0.15, -0.1) is 6.58 Å². The molecule has 0 atom stereocenters. The summed E-state index contributed by atoms with van der Waals surface area (Å²) in [6.07, 6.45) is 7.30. The number of rotatable bonds is 4. The van der Waals surface area contributed by atoms with Gasteiger partial charge in [0.25, 0.3) is 5.91 Å². The number of allylic oxidation sites excluding steroid dienone is 2. The Morgan fingerprint density at radius 3 is 2.74 bits per heavy atom. The van der Waals surface area contributed by atoms with Gasteiger partial charge < -0.3 is 0 Å². The third-order valence-electron chi connectivity index (χ3n) is 2.52. The summed E-state index contributed by atoms with van der Waals surface area (Å²) in [5.41, 5.74) is 1.10. The fourth-order valence-electron chi connectivity index (χ4n) is 1.61. The SMILES string of the molecule is C=CCN1C(=O)/C(=C\C=C/c2ccccc2)SC1=S. The van der Waals surface area contributed by atoms with E-state index in [9.17, 15) is 4.79 Å². The molecule has 1 saturated heterocycles. The number of carbonyl (C=O) groups is 1. The van der Waals surface area contributed by atoms with Crippen molar-refractivity contribution in [1.82, 2.24) is 4.90 Å². The quantitative estimate of drug-likeness (QED) is 0.479. The van der Waals surface area contributed by atoms with E-state index in [0.717, 1.165) is 5.56 Å². The van der Waals surface area contributed by atoms with Crippen molar-refractivity contribution < 1.29 is 4.79 Å². The molecular formula is C15H13NOS2. The van der Waals surface area contributed by atoms with E-state index in [1.807, 2.05) is 42.5 Å². The molecule has 1 heterocycles. The lowest BCUT2D eigenvalue weighted by Crippen LogP contribution is -2.27. The fourth-order valence-corrected chi connectivity index (χ4v) is 2.84. The second-order valence-electron chi connectivity index (χ2n) is 3.87. The lowest BCUT2D eigenvalue weighted by Gasteiger charge is -2.10. The number of hydrogen-bond acceptors (Lipinski definition) is 3. The van der Waals surface area contributed by atoms with Gasteiger partial charge in [0.15, 0.2) is 0 Å². The van der Waals surface area contributed by atoms with E-state index in [0.29, 0.717) is 15.8 Å². The van der Waals surface area contributed by atoms with Gasteiger partial charge in [-0.2, -0.15) is 0 Å². The van der Waals surface area contributed by atoms with Crippen LogP contribution in [0.5, 0.6) is 0 Å². The van der Waals surface area contributed by atoms with Gasteiger partial charge in [-0.3, -0.25) is 9.69 Å². The maximum absolute atomic E-state index is 12.0. The average Bonchev–Trinajstić information content (AvgIpc) is 2.68. The molecular weight excluding hydrogens is 274 g/mol. The van der Waals surface area contributed by atoms with Crippen LogP contribution in [0.15, 0.2) is 60.0 Å². The molecule has 2 rings (SSSR count). The number of thioether (sulfide) groups is 1. The van der Waals surface area contributed by atoms with Crippen LogP contribution in [0.1, 0.15) is 5.56 Å². The summed E-state index contributed by atoms with van der Waals surface area (Å²) in [7, 11) is 0. The van der Waals surface area contributed by atoms with Crippen molar-refractivity contribution in [2.45, 2.75) is 0 Å². The van der Waals surface area contributed by atoms with E-state index in [1.165, 1.54) is 11.8 Å². The van der Waals surface area contributed by atoms with Crippen molar-refractivity contribution >= 4 is 40.3 Å². The summed E-state index contributed by atoms with van der Waals surface area (Å²) in [6.45, 7) is 4.09. The van der Waals surface area contributed by atoms with Crippen molar-refractivity contribution in [3.8, 4) is 0 Å². The first-order valence-corrected chi connectivity index (χ1v) is 7.03. The van der Waals surface area contributed by atoms with E-state index < -0.39 is 0 Å². The summed E-state index contributed by atoms with van der Waals surface area (Å²) in [4.78, 5) is 14.2. The first-order valence-electron chi connectivity index (χ1n) is 5.80. The molecule has 4 heteroatoms. The molecule has 0 aromatic heterocycles. The summed E-state index contributed by atoms with van der Waals surface area (Å²) in [5.74, 6) is -0.0485. The summed E-state index contributed by atoms with van der Waals surface area (Å²) in [5, 5.41) is 0. The highest BCUT2D eigenvalue weighted by Crippen LogP contribution is 2.30. The predicted molar refractivity (Wildman–Crippen MR) is 85.7 cm³/mol. The molecule has 0 saturated carbocycles. The van der Waals surface area contributed by atoms with Gasteiger partial charge in [0, 0.05) is 6.54 Å². The van der Waals surface area contributed by atoms with Crippen LogP contribution in [-0.2, 0) is 4.79 Å². The normalized spacial score (nSPS) is 17.7. The van der Waals surface area contributed by atoms with Crippen LogP contribution in [0.4, 0.5) is 0 Å². The van der Waals surface area contributed by atoms with Crippen molar-refractivity contribution in [2.75, 3.05) is 6.54 Å². The molecule has 19 heavy (non-hydrogen) atoms. The Balaban J connectivity index is 2.09. The molecule has 0 spiro atoms. The molecule has 0 radical (unpaired) electrons. The van der Waals surface area contributed by atoms with Crippen LogP contribution in [-0.4, -0.2) is 21.7 Å². The summed E-state index contributed by atoms with van der Waals surface area (Å²) in [6, 6.07) is 9.94. The van der Waals surface area contributed by atoms with Crippen molar-refractivity contribution in [3.63, 3.8) is 0 Å². The molecule has 1 fully saturated rings. The highest BCUT2D eigenvalue weighted by Gasteiger charge is 2.30. The zero-order chi connectivity index (χ0) is 13.7. The highest BCUT2D eigenvalue weighted by molar-refractivity contribution is 8.26. The Labute approximate surface area is 122 Å². The second kappa shape index (κ2) is 6.50. The van der Waals surface area contributed by atoms with Crippen LogP contribution in [0.3, 0.4) is 0 Å². The first kappa shape index (κ1) is 13.8. The lowest BCUT2D eigenvalue weighted by atomic mass is 10.2. The van der Waals surface area contributed by atoms with Gasteiger partial charge in [0.1, 0.15) is 4.32 Å². The van der Waals surface area contributed by atoms with Crippen LogP contribution >= 0.6 is 24.0 Å². The largest absolute Gasteiger partial charge is 0.289 e. The van der Waals surface area contributed by atoms with Gasteiger partial charge in [-0.05, 0) is 11.6 Å². The number of benzene rings is 1. The Kier molecular flexibility index (Phi) is 4.71. The number of hydrogen-bond donors (Lipinski definition) is 0. The van der Waals surface area contributed by atoms with Crippen LogP contribution in [0.25, 0.3) is 6.08 Å². The van der Waals surface area contributed by atoms with E-state index >= 15 is 0 Å². The number of carbonyl (C=O) groups excluding carboxylic acids is 1. The highest BCUT2D eigenvalue weighted by atomic mass is 32.2. The third-order valence-corrected chi connectivity index (χ3v) is 3.92. The van der Waals surface area contributed by atoms with Crippen LogP contribution < -0.4 is 0 Å². The Morgan fingerprint density at radius 2 is 2.05 bits per heavy atom. The molecule has 1 aromatic rings. The van der Waals surface area contributed by atoms with Gasteiger partial charge in [0.05, 0.1) is 4.91 Å². The zero-order valence-electron chi connectivity index (χ0n) is 10.3. The van der Waals surface area contributed by atoms with E-state index in [-0.39, 0.29) is 5.91 Å². The Morgan fingerprint density at radius 1 is 1.32 bits per heavy atom. The topological polar surface area (TPSA) is 20.3 Å². The lowest BCUT2D eigenvalue weighted by molar-refractivity contribution is -0.121. The number of amides is 1. The molecule has 1 aromatic carbocycles. The first-order chi connectivity index (χ1) is 9.22. The molecule has 2 nitrogen and oxygen atoms in total. The van der Waals surface area contributed by atoms with Gasteiger partial charge >= 0.3 is 0 Å². The Hall–Kier alpha value is -1.65. The molecule has 1 amide bonds. The Bertz CT molecular complexity index is 561. The van der Waals surface area contributed by atoms with E-state index in [1.54, 1.807) is 17.1 Å². The number of nitrogens with zero attached hydrogens (tertiary/aromatic N) is 1. The van der Waals surface area contributed by atoms with Crippen LogP contribution in [0, 0.1) is 0 Å². The number of thiocarbonyl (C=S) groups is 1. The molecule has 1 aliphatic heterocycles. The standard InChI is InChI=1S/C15H13NOS2/c1-2-11-16-14(17)13(19-15(16)18)10-6-9-12-7-4-3-5-8-12/h2-10H,1,11H2/b9-6-,13-10+. The molecule has 96 valence electrons. The van der Waals surface area contributed by atoms with Gasteiger partial charge in [0.2, 0.25) is 0 Å². The molecule has 0 aliphatic carbocycles. The maximum atomic E-state index is 12.0. The molecule has 0 unspecified atom stereocenters. The van der Waals surface area contributed by atoms with Gasteiger partial charge in [-0.25, -0.2) is 0 Å². The summed E-state index contributed by atoms with van der Waals surface area (Å²) < 4.78 is 0.587. The fraction of sp³-hybridized carbons (Fsp3) is 0.0667. The van der Waals surface area contributed by atoms with Gasteiger partial charge in [-0.1, -0.05) is 72.5 Å². The van der Waals surface area contributed by atoms with E-state index in [2.05, 4.69) is 6.58 Å². The third kappa shape index (κ3) is 3.43. The minimum absolute atomic E-state index is 0.0485. The maximum Gasteiger partial charge on any atom is 0.266 e. The van der Waals surface area contributed by atoms with Crippen molar-refractivity contribution in [2.24, 2.45) is 0 Å². The minimum atomic E-state index is -0.0485. The second-order valence-corrected chi connectivity index (χ2v) is 5.55. The monoisotopic (exact) mass is 287 g/mol. The minimum Gasteiger partial charge on any atom is -0.289 e. The van der Waals surface area contributed by atoms with Crippen molar-refractivity contribution in [1.29, 1.82) is 0 Å². The molecule has 1 aliphatic rings. The van der Waals surface area contributed by atoms with Crippen LogP contribution in [0.2, 0.25) is 0 Å². The molecule has 0 N–H and O–H groups in total. The average molecular weight is 287 g/mol. The zero-order valence-corrected chi connectivity index (χ0v) is 11.9. The predicted octanol–water partition coefficient (Wildman–Crippen LogP) is 3.63. The van der Waals surface area contributed by atoms with Crippen molar-refractivity contribution in [3.05, 3.63) is 65.6 Å². The smallest absolute Gasteiger partial charge is 0.266 e.